The first-order chi connectivity index (χ1) is 10.1. The van der Waals surface area contributed by atoms with Gasteiger partial charge in [0.1, 0.15) is 0 Å². The Balaban J connectivity index is 1.57. The fraction of sp³-hybridized carbons (Fsp3) is 0.600. The molecule has 0 unspecified atom stereocenters. The fourth-order valence-electron chi connectivity index (χ4n) is 2.79. The van der Waals surface area contributed by atoms with Gasteiger partial charge in [0, 0.05) is 32.7 Å². The number of sulfonamides is 1. The van der Waals surface area contributed by atoms with Gasteiger partial charge in [-0.1, -0.05) is 18.2 Å². The predicted octanol–water partition coefficient (Wildman–Crippen LogP) is 0.764. The smallest absolute Gasteiger partial charge is 0.243 e. The average molecular weight is 310 g/mol. The maximum atomic E-state index is 12.5. The molecule has 0 radical (unpaired) electrons. The van der Waals surface area contributed by atoms with Crippen LogP contribution in [0.4, 0.5) is 0 Å². The molecule has 0 aromatic heterocycles. The molecule has 3 rings (SSSR count). The van der Waals surface area contributed by atoms with Crippen molar-refractivity contribution in [1.82, 2.24) is 9.21 Å². The van der Waals surface area contributed by atoms with Crippen molar-refractivity contribution >= 4 is 10.0 Å². The summed E-state index contributed by atoms with van der Waals surface area (Å²) >= 11 is 0. The Kier molecular flexibility index (Phi) is 4.31. The van der Waals surface area contributed by atoms with Crippen molar-refractivity contribution in [3.05, 3.63) is 30.3 Å². The second-order valence-electron chi connectivity index (χ2n) is 5.92. The van der Waals surface area contributed by atoms with Crippen LogP contribution in [0.1, 0.15) is 12.8 Å². The van der Waals surface area contributed by atoms with Crippen LogP contribution in [0.3, 0.4) is 0 Å². The van der Waals surface area contributed by atoms with Crippen LogP contribution in [0, 0.1) is 5.92 Å². The van der Waals surface area contributed by atoms with E-state index in [4.69, 9.17) is 0 Å². The second-order valence-corrected chi connectivity index (χ2v) is 7.86. The summed E-state index contributed by atoms with van der Waals surface area (Å²) in [7, 11) is -3.37. The third-order valence-electron chi connectivity index (χ3n) is 4.32. The summed E-state index contributed by atoms with van der Waals surface area (Å²) in [6, 6.07) is 8.58. The molecule has 1 N–H and O–H groups in total. The van der Waals surface area contributed by atoms with Crippen molar-refractivity contribution in [3.63, 3.8) is 0 Å². The molecule has 1 atom stereocenters. The quantitative estimate of drug-likeness (QED) is 0.872. The highest BCUT2D eigenvalue weighted by atomic mass is 32.2. The molecular formula is C15H22N2O3S. The highest BCUT2D eigenvalue weighted by Crippen LogP contribution is 2.33. The van der Waals surface area contributed by atoms with Gasteiger partial charge in [-0.2, -0.15) is 4.31 Å². The number of hydrogen-bond donors (Lipinski definition) is 1. The summed E-state index contributed by atoms with van der Waals surface area (Å²) in [6.45, 7) is 3.04. The van der Waals surface area contributed by atoms with E-state index in [0.717, 1.165) is 12.8 Å². The summed E-state index contributed by atoms with van der Waals surface area (Å²) in [6.07, 6.45) is 2.01. The molecule has 1 aliphatic heterocycles. The van der Waals surface area contributed by atoms with Crippen LogP contribution in [0.25, 0.3) is 0 Å². The molecule has 0 amide bonds. The van der Waals surface area contributed by atoms with Gasteiger partial charge in [-0.05, 0) is 30.9 Å². The van der Waals surface area contributed by atoms with E-state index in [1.807, 2.05) is 6.07 Å². The molecule has 2 aliphatic rings. The zero-order valence-corrected chi connectivity index (χ0v) is 12.9. The molecule has 5 nitrogen and oxygen atoms in total. The van der Waals surface area contributed by atoms with Crippen molar-refractivity contribution in [2.45, 2.75) is 23.8 Å². The van der Waals surface area contributed by atoms with Gasteiger partial charge in [-0.25, -0.2) is 8.42 Å². The molecule has 1 saturated heterocycles. The Morgan fingerprint density at radius 1 is 1.10 bits per heavy atom. The number of β-amino-alcohol motifs (C(OH)–C–C–N with tert-alkyl or cyclic N) is 1. The molecule has 0 bridgehead atoms. The lowest BCUT2D eigenvalue weighted by Crippen LogP contribution is -2.50. The first-order valence-corrected chi connectivity index (χ1v) is 8.97. The minimum atomic E-state index is -3.37. The number of rotatable bonds is 5. The van der Waals surface area contributed by atoms with E-state index in [0.29, 0.717) is 43.5 Å². The number of nitrogens with zero attached hydrogens (tertiary/aromatic N) is 2. The lowest BCUT2D eigenvalue weighted by atomic mass is 10.2. The van der Waals surface area contributed by atoms with Crippen LogP contribution in [-0.4, -0.2) is 61.6 Å². The van der Waals surface area contributed by atoms with Gasteiger partial charge >= 0.3 is 0 Å². The van der Waals surface area contributed by atoms with E-state index in [9.17, 15) is 13.5 Å². The average Bonchev–Trinajstić information content (AvgIpc) is 3.33. The van der Waals surface area contributed by atoms with Gasteiger partial charge in [0.15, 0.2) is 0 Å². The molecule has 21 heavy (non-hydrogen) atoms. The van der Waals surface area contributed by atoms with Gasteiger partial charge in [-0.3, -0.25) is 4.90 Å². The normalized spacial score (nSPS) is 23.1. The predicted molar refractivity (Wildman–Crippen MR) is 80.4 cm³/mol. The second kappa shape index (κ2) is 6.04. The minimum absolute atomic E-state index is 0.248. The maximum Gasteiger partial charge on any atom is 0.243 e. The molecule has 1 aromatic rings. The van der Waals surface area contributed by atoms with E-state index < -0.39 is 10.0 Å². The van der Waals surface area contributed by atoms with E-state index in [2.05, 4.69) is 4.90 Å². The Morgan fingerprint density at radius 3 is 2.29 bits per heavy atom. The largest absolute Gasteiger partial charge is 0.392 e. The van der Waals surface area contributed by atoms with Crippen LogP contribution < -0.4 is 0 Å². The molecule has 6 heteroatoms. The first kappa shape index (κ1) is 15.0. The summed E-state index contributed by atoms with van der Waals surface area (Å²) in [5.41, 5.74) is 0. The number of benzene rings is 1. The standard InChI is InChI=1S/C15H22N2O3S/c18-15(13-6-7-13)12-16-8-10-17(11-9-16)21(19,20)14-4-2-1-3-5-14/h1-5,13,15,18H,6-12H2/t15-/m0/s1. The van der Waals surface area contributed by atoms with Crippen molar-refractivity contribution in [2.24, 2.45) is 5.92 Å². The van der Waals surface area contributed by atoms with Gasteiger partial charge in [-0.15, -0.1) is 0 Å². The van der Waals surface area contributed by atoms with E-state index in [1.54, 1.807) is 28.6 Å². The number of aliphatic hydroxyl groups excluding tert-OH is 1. The zero-order chi connectivity index (χ0) is 14.9. The Labute approximate surface area is 126 Å². The lowest BCUT2D eigenvalue weighted by Gasteiger charge is -2.34. The van der Waals surface area contributed by atoms with Crippen LogP contribution in [0.5, 0.6) is 0 Å². The van der Waals surface area contributed by atoms with Gasteiger partial charge in [0.25, 0.3) is 0 Å². The summed E-state index contributed by atoms with van der Waals surface area (Å²) in [5.74, 6) is 0.469. The maximum absolute atomic E-state index is 12.5. The van der Waals surface area contributed by atoms with Crippen LogP contribution >= 0.6 is 0 Å². The van der Waals surface area contributed by atoms with Gasteiger partial charge in [0.05, 0.1) is 11.0 Å². The lowest BCUT2D eigenvalue weighted by molar-refractivity contribution is 0.0782. The third-order valence-corrected chi connectivity index (χ3v) is 6.24. The third kappa shape index (κ3) is 3.45. The summed E-state index contributed by atoms with van der Waals surface area (Å²) in [5, 5.41) is 9.97. The topological polar surface area (TPSA) is 60.9 Å². The molecule has 1 saturated carbocycles. The minimum Gasteiger partial charge on any atom is -0.392 e. The van der Waals surface area contributed by atoms with Crippen molar-refractivity contribution in [2.75, 3.05) is 32.7 Å². The van der Waals surface area contributed by atoms with Gasteiger partial charge < -0.3 is 5.11 Å². The van der Waals surface area contributed by atoms with E-state index in [-0.39, 0.29) is 6.10 Å². The number of hydrogen-bond acceptors (Lipinski definition) is 4. The fourth-order valence-corrected chi connectivity index (χ4v) is 4.23. The SMILES string of the molecule is O=S(=O)(c1ccccc1)N1CCN(C[C@H](O)C2CC2)CC1. The Hall–Kier alpha value is -0.950. The van der Waals surface area contributed by atoms with Crippen LogP contribution in [-0.2, 0) is 10.0 Å². The molecule has 1 aromatic carbocycles. The molecule has 116 valence electrons. The van der Waals surface area contributed by atoms with Crippen molar-refractivity contribution in [3.8, 4) is 0 Å². The van der Waals surface area contributed by atoms with Crippen LogP contribution in [0.15, 0.2) is 35.2 Å². The zero-order valence-electron chi connectivity index (χ0n) is 12.1. The molecular weight excluding hydrogens is 288 g/mol. The first-order valence-electron chi connectivity index (χ1n) is 7.53. The van der Waals surface area contributed by atoms with Crippen molar-refractivity contribution < 1.29 is 13.5 Å². The summed E-state index contributed by atoms with van der Waals surface area (Å²) < 4.78 is 26.5. The van der Waals surface area contributed by atoms with Gasteiger partial charge in [0.2, 0.25) is 10.0 Å². The molecule has 2 fully saturated rings. The molecule has 1 aliphatic carbocycles. The Morgan fingerprint density at radius 2 is 1.71 bits per heavy atom. The number of aliphatic hydroxyl groups is 1. The number of piperazine rings is 1. The van der Waals surface area contributed by atoms with E-state index >= 15 is 0 Å². The Bertz CT molecular complexity index is 564. The van der Waals surface area contributed by atoms with Crippen LogP contribution in [0.2, 0.25) is 0 Å². The molecule has 0 spiro atoms. The van der Waals surface area contributed by atoms with E-state index in [1.165, 1.54) is 0 Å². The molecule has 1 heterocycles. The monoisotopic (exact) mass is 310 g/mol. The summed E-state index contributed by atoms with van der Waals surface area (Å²) in [4.78, 5) is 2.52. The highest BCUT2D eigenvalue weighted by molar-refractivity contribution is 7.89. The highest BCUT2D eigenvalue weighted by Gasteiger charge is 2.33. The van der Waals surface area contributed by atoms with Crippen molar-refractivity contribution in [1.29, 1.82) is 0 Å².